The maximum Gasteiger partial charge on any atom is 0.320 e. The monoisotopic (exact) mass is 332 g/mol. The summed E-state index contributed by atoms with van der Waals surface area (Å²) in [7, 11) is 1.30. The van der Waals surface area contributed by atoms with E-state index in [1.54, 1.807) is 0 Å². The van der Waals surface area contributed by atoms with Gasteiger partial charge in [-0.15, -0.1) is 0 Å². The molecule has 0 amide bonds. The molecule has 0 radical (unpaired) electrons. The molecule has 0 saturated heterocycles. The average Bonchev–Trinajstić information content (AvgIpc) is 2.25. The lowest BCUT2D eigenvalue weighted by Crippen LogP contribution is -2.32. The molecule has 0 aromatic carbocycles. The van der Waals surface area contributed by atoms with Crippen LogP contribution in [0.1, 0.15) is 12.8 Å². The van der Waals surface area contributed by atoms with Crippen molar-refractivity contribution in [1.29, 1.82) is 0 Å². The van der Waals surface area contributed by atoms with E-state index in [0.717, 1.165) is 0 Å². The van der Waals surface area contributed by atoms with Gasteiger partial charge >= 0.3 is 11.9 Å². The largest absolute Gasteiger partial charge is 0.480 e. The second kappa shape index (κ2) is 8.23. The molecule has 10 heteroatoms. The highest BCUT2D eigenvalue weighted by Gasteiger charge is 2.15. The summed E-state index contributed by atoms with van der Waals surface area (Å²) in [5.41, 5.74) is 10.7. The van der Waals surface area contributed by atoms with Crippen LogP contribution in [0.5, 0.6) is 0 Å². The third-order valence-electron chi connectivity index (χ3n) is 2.00. The minimum Gasteiger partial charge on any atom is -0.480 e. The summed E-state index contributed by atoms with van der Waals surface area (Å²) in [6.07, 6.45) is -1.32. The van der Waals surface area contributed by atoms with Crippen molar-refractivity contribution in [2.24, 2.45) is 11.5 Å². The first kappa shape index (κ1) is 18.0. The van der Waals surface area contributed by atoms with Gasteiger partial charge in [-0.1, -0.05) is 10.8 Å². The van der Waals surface area contributed by atoms with E-state index in [1.165, 1.54) is 10.8 Å². The van der Waals surface area contributed by atoms with Crippen LogP contribution in [0.3, 0.4) is 0 Å². The Morgan fingerprint density at radius 1 is 1.11 bits per heavy atom. The minimum atomic E-state index is -1.84. The van der Waals surface area contributed by atoms with Crippen LogP contribution >= 0.6 is 10.8 Å². The zero-order chi connectivity index (χ0) is 14.3. The normalized spacial score (nSPS) is 15.0. The molecule has 2 atom stereocenters. The highest BCUT2D eigenvalue weighted by molar-refractivity contribution is 8.97. The zero-order valence-corrected chi connectivity index (χ0v) is 12.7. The van der Waals surface area contributed by atoms with Crippen LogP contribution in [0.15, 0.2) is 0 Å². The lowest BCUT2D eigenvalue weighted by molar-refractivity contribution is -0.139. The first-order chi connectivity index (χ1) is 8.15. The molecule has 0 aliphatic rings. The quantitative estimate of drug-likeness (QED) is 0.406. The second-order valence-corrected chi connectivity index (χ2v) is 13.4. The molecule has 0 heterocycles. The molecule has 0 fully saturated rings. The summed E-state index contributed by atoms with van der Waals surface area (Å²) < 4.78 is 0. The van der Waals surface area contributed by atoms with Gasteiger partial charge in [0.2, 0.25) is 0 Å². The third-order valence-corrected chi connectivity index (χ3v) is 8.31. The number of aliphatic carboxylic acids is 2. The molecule has 106 valence electrons. The van der Waals surface area contributed by atoms with Gasteiger partial charge in [0.15, 0.2) is 0 Å². The molecule has 0 bridgehead atoms. The standard InChI is InChI=1S/C8H16N2O4S4/c9-5(7(11)12)1-3-17-18(15,16)4-2-6(10)8(13)14/h5-6H,1-4,9-10H2,(H,11,12)(H,13,14)/t5?,6-/m0/s1. The molecule has 0 saturated carbocycles. The number of carboxylic acid groups (broad SMARTS) is 2. The van der Waals surface area contributed by atoms with Gasteiger partial charge in [0.25, 0.3) is 0 Å². The molecule has 1 unspecified atom stereocenters. The molecule has 0 aliphatic carbocycles. The van der Waals surface area contributed by atoms with Crippen LogP contribution < -0.4 is 11.5 Å². The van der Waals surface area contributed by atoms with Crippen LogP contribution in [0.2, 0.25) is 0 Å². The molecular weight excluding hydrogens is 316 g/mol. The highest BCUT2D eigenvalue weighted by atomic mass is 33.5. The van der Waals surface area contributed by atoms with Gasteiger partial charge in [-0.3, -0.25) is 9.59 Å². The molecule has 0 aliphatic heterocycles. The summed E-state index contributed by atoms with van der Waals surface area (Å²) in [6, 6.07) is -1.87. The van der Waals surface area contributed by atoms with E-state index in [9.17, 15) is 9.59 Å². The van der Waals surface area contributed by atoms with E-state index in [1.807, 2.05) is 0 Å². The van der Waals surface area contributed by atoms with Gasteiger partial charge in [-0.2, -0.15) is 0 Å². The van der Waals surface area contributed by atoms with Crippen molar-refractivity contribution < 1.29 is 19.8 Å². The summed E-state index contributed by atoms with van der Waals surface area (Å²) >= 11 is 10.4. The number of hydrogen-bond acceptors (Lipinski definition) is 7. The molecule has 6 N–H and O–H groups in total. The molecule has 0 spiro atoms. The van der Waals surface area contributed by atoms with E-state index in [4.69, 9.17) is 44.1 Å². The summed E-state index contributed by atoms with van der Waals surface area (Å²) in [5.74, 6) is -1.30. The first-order valence-corrected chi connectivity index (χ1v) is 10.1. The lowest BCUT2D eigenvalue weighted by atomic mass is 10.2. The third kappa shape index (κ3) is 8.16. The summed E-state index contributed by atoms with van der Waals surface area (Å²) in [6.45, 7) is 0. The Labute approximate surface area is 119 Å². The molecular formula is C8H16N2O4S4. The van der Waals surface area contributed by atoms with E-state index >= 15 is 0 Å². The minimum absolute atomic E-state index is 0.232. The summed E-state index contributed by atoms with van der Waals surface area (Å²) in [4.78, 5) is 21.0. The van der Waals surface area contributed by atoms with Crippen molar-refractivity contribution in [3.05, 3.63) is 0 Å². The Bertz CT molecular complexity index is 398. The van der Waals surface area contributed by atoms with Crippen LogP contribution in [0.25, 0.3) is 0 Å². The van der Waals surface area contributed by atoms with E-state index in [0.29, 0.717) is 11.5 Å². The average molecular weight is 332 g/mol. The van der Waals surface area contributed by atoms with Crippen molar-refractivity contribution in [2.75, 3.05) is 11.5 Å². The summed E-state index contributed by atoms with van der Waals surface area (Å²) in [5, 5.41) is 17.2. The van der Waals surface area contributed by atoms with E-state index < -0.39 is 30.2 Å². The van der Waals surface area contributed by atoms with Gasteiger partial charge in [-0.25, -0.2) is 0 Å². The first-order valence-electron chi connectivity index (χ1n) is 4.99. The van der Waals surface area contributed by atoms with Crippen LogP contribution in [0.4, 0.5) is 0 Å². The Morgan fingerprint density at radius 2 is 1.56 bits per heavy atom. The predicted molar refractivity (Wildman–Crippen MR) is 79.9 cm³/mol. The number of rotatable bonds is 9. The van der Waals surface area contributed by atoms with Crippen molar-refractivity contribution in [2.45, 2.75) is 24.9 Å². The maximum absolute atomic E-state index is 10.5. The van der Waals surface area contributed by atoms with Crippen molar-refractivity contribution in [3.63, 3.8) is 0 Å². The zero-order valence-electron chi connectivity index (χ0n) is 9.48. The fourth-order valence-corrected chi connectivity index (χ4v) is 5.64. The molecule has 6 nitrogen and oxygen atoms in total. The van der Waals surface area contributed by atoms with Gasteiger partial charge in [0, 0.05) is 11.5 Å². The second-order valence-electron chi connectivity index (χ2n) is 3.55. The van der Waals surface area contributed by atoms with Gasteiger partial charge in [0.1, 0.15) is 12.1 Å². The van der Waals surface area contributed by atoms with Crippen LogP contribution in [-0.4, -0.2) is 45.7 Å². The van der Waals surface area contributed by atoms with Crippen LogP contribution in [-0.2, 0) is 38.1 Å². The van der Waals surface area contributed by atoms with Gasteiger partial charge in [0.05, 0.1) is 0 Å². The van der Waals surface area contributed by atoms with Crippen molar-refractivity contribution in [1.82, 2.24) is 0 Å². The molecule has 18 heavy (non-hydrogen) atoms. The topological polar surface area (TPSA) is 127 Å². The number of hydrogen-bond donors (Lipinski definition) is 4. The number of carboxylic acids is 2. The Balaban J connectivity index is 4.02. The van der Waals surface area contributed by atoms with Gasteiger partial charge < -0.3 is 21.7 Å². The molecule has 0 rings (SSSR count). The van der Waals surface area contributed by atoms with E-state index in [-0.39, 0.29) is 12.8 Å². The van der Waals surface area contributed by atoms with Crippen molar-refractivity contribution >= 4 is 51.3 Å². The maximum atomic E-state index is 10.5. The molecule has 0 aromatic heterocycles. The fraction of sp³-hybridized carbons (Fsp3) is 0.750. The Hall–Kier alpha value is -0.000000000000000222. The Morgan fingerprint density at radius 3 is 2.00 bits per heavy atom. The molecule has 0 aromatic rings. The lowest BCUT2D eigenvalue weighted by Gasteiger charge is -2.12. The highest BCUT2D eigenvalue weighted by Crippen LogP contribution is 2.18. The smallest absolute Gasteiger partial charge is 0.320 e. The number of nitrogens with two attached hydrogens (primary N) is 2. The predicted octanol–water partition coefficient (Wildman–Crippen LogP) is -0.684. The van der Waals surface area contributed by atoms with Crippen molar-refractivity contribution in [3.8, 4) is 0 Å². The van der Waals surface area contributed by atoms with E-state index in [2.05, 4.69) is 0 Å². The SMILES string of the molecule is NC(CCSS(=S)(=S)CC[C@H](N)C(=O)O)C(=O)O. The van der Waals surface area contributed by atoms with Crippen LogP contribution in [0, 0.1) is 0 Å². The van der Waals surface area contributed by atoms with Gasteiger partial charge in [-0.05, 0) is 41.4 Å². The Kier molecular flexibility index (Phi) is 8.23. The number of carbonyl (C=O) groups is 2. The fourth-order valence-electron chi connectivity index (χ4n) is 0.879.